The van der Waals surface area contributed by atoms with E-state index in [9.17, 15) is 9.59 Å². The molecule has 2 N–H and O–H groups in total. The highest BCUT2D eigenvalue weighted by Gasteiger charge is 2.26. The smallest absolute Gasteiger partial charge is 0.407 e. The molecule has 4 rings (SSSR count). The third-order valence-corrected chi connectivity index (χ3v) is 5.55. The summed E-state index contributed by atoms with van der Waals surface area (Å²) in [6.07, 6.45) is 0.557. The quantitative estimate of drug-likeness (QED) is 0.701. The number of rotatable bonds is 3. The molecule has 2 heterocycles. The van der Waals surface area contributed by atoms with E-state index in [0.717, 1.165) is 27.8 Å². The molecule has 7 nitrogen and oxygen atoms in total. The Hall–Kier alpha value is -3.35. The molecule has 0 aliphatic carbocycles. The van der Waals surface area contributed by atoms with E-state index >= 15 is 0 Å². The molecular formula is C22H23N3O4. The lowest BCUT2D eigenvalue weighted by molar-refractivity contribution is 0.0962. The number of likely N-dealkylation sites (tertiary alicyclic amines) is 1. The molecule has 7 heteroatoms. The van der Waals surface area contributed by atoms with E-state index in [1.807, 2.05) is 43.3 Å². The lowest BCUT2D eigenvalue weighted by Gasteiger charge is -2.28. The molecule has 3 aromatic rings. The van der Waals surface area contributed by atoms with E-state index in [-0.39, 0.29) is 11.8 Å². The lowest BCUT2D eigenvalue weighted by atomic mass is 9.97. The van der Waals surface area contributed by atoms with Crippen LogP contribution in [0.2, 0.25) is 0 Å². The topological polar surface area (TPSA) is 95.7 Å². The van der Waals surface area contributed by atoms with E-state index in [0.29, 0.717) is 37.4 Å². The molecule has 0 saturated carbocycles. The van der Waals surface area contributed by atoms with Gasteiger partial charge >= 0.3 is 6.09 Å². The van der Waals surface area contributed by atoms with Gasteiger partial charge in [0.25, 0.3) is 5.91 Å². The summed E-state index contributed by atoms with van der Waals surface area (Å²) < 4.78 is 5.95. The van der Waals surface area contributed by atoms with Crippen LogP contribution in [-0.2, 0) is 0 Å². The Morgan fingerprint density at radius 1 is 1.14 bits per heavy atom. The number of hydrogen-bond acceptors (Lipinski definition) is 4. The summed E-state index contributed by atoms with van der Waals surface area (Å²) in [7, 11) is 1.62. The summed E-state index contributed by atoms with van der Waals surface area (Å²) >= 11 is 0. The molecule has 1 aromatic heterocycles. The third-order valence-electron chi connectivity index (χ3n) is 5.55. The zero-order valence-corrected chi connectivity index (χ0v) is 16.4. The first-order chi connectivity index (χ1) is 14.0. The van der Waals surface area contributed by atoms with E-state index in [1.165, 1.54) is 4.90 Å². The number of hydrogen-bond donors (Lipinski definition) is 2. The fraction of sp³-hybridized carbons (Fsp3) is 0.318. The van der Waals surface area contributed by atoms with Gasteiger partial charge in [-0.05, 0) is 54.7 Å². The maximum atomic E-state index is 11.9. The minimum absolute atomic E-state index is 0.0976. The number of piperidine rings is 1. The van der Waals surface area contributed by atoms with Crippen molar-refractivity contribution in [1.82, 2.24) is 15.2 Å². The first-order valence-corrected chi connectivity index (χ1v) is 9.67. The molecule has 0 atom stereocenters. The Morgan fingerprint density at radius 2 is 1.83 bits per heavy atom. The monoisotopic (exact) mass is 393 g/mol. The van der Waals surface area contributed by atoms with Crippen molar-refractivity contribution in [3.05, 3.63) is 53.4 Å². The van der Waals surface area contributed by atoms with Gasteiger partial charge in [-0.2, -0.15) is 0 Å². The average Bonchev–Trinajstić information content (AvgIpc) is 3.16. The molecule has 2 aromatic carbocycles. The van der Waals surface area contributed by atoms with Crippen molar-refractivity contribution in [1.29, 1.82) is 0 Å². The standard InChI is InChI=1S/C22H23N3O4/c1-13-11-15(3-5-17(13)20(26)23-2)16-4-6-19-18(12-16)24-21(29-19)14-7-9-25(10-8-14)22(27)28/h3-6,11-12,14H,7-10H2,1-2H3,(H,23,26)(H,27,28). The van der Waals surface area contributed by atoms with Crippen LogP contribution in [0.15, 0.2) is 40.8 Å². The van der Waals surface area contributed by atoms with Crippen LogP contribution < -0.4 is 5.32 Å². The van der Waals surface area contributed by atoms with E-state index in [1.54, 1.807) is 7.05 Å². The SMILES string of the molecule is CNC(=O)c1ccc(-c2ccc3oc(C4CCN(C(=O)O)CC4)nc3c2)cc1C. The number of fused-ring (bicyclic) bond motifs is 1. The van der Waals surface area contributed by atoms with Crippen LogP contribution in [0.4, 0.5) is 4.79 Å². The van der Waals surface area contributed by atoms with Gasteiger partial charge in [0.2, 0.25) is 0 Å². The third kappa shape index (κ3) is 3.68. The van der Waals surface area contributed by atoms with Crippen molar-refractivity contribution in [3.63, 3.8) is 0 Å². The molecule has 1 fully saturated rings. The highest BCUT2D eigenvalue weighted by atomic mass is 16.4. The molecule has 0 radical (unpaired) electrons. The molecule has 150 valence electrons. The normalized spacial score (nSPS) is 14.9. The molecule has 0 bridgehead atoms. The van der Waals surface area contributed by atoms with Gasteiger partial charge in [0.05, 0.1) is 0 Å². The van der Waals surface area contributed by atoms with E-state index < -0.39 is 6.09 Å². The van der Waals surface area contributed by atoms with Crippen molar-refractivity contribution in [2.45, 2.75) is 25.7 Å². The number of carbonyl (C=O) groups excluding carboxylic acids is 1. The predicted molar refractivity (Wildman–Crippen MR) is 109 cm³/mol. The van der Waals surface area contributed by atoms with E-state index in [4.69, 9.17) is 9.52 Å². The lowest BCUT2D eigenvalue weighted by Crippen LogP contribution is -2.36. The van der Waals surface area contributed by atoms with Crippen LogP contribution >= 0.6 is 0 Å². The molecule has 1 aliphatic heterocycles. The number of aromatic nitrogens is 1. The Balaban J connectivity index is 1.58. The number of carboxylic acid groups (broad SMARTS) is 1. The number of oxazole rings is 1. The Labute approximate surface area is 168 Å². The van der Waals surface area contributed by atoms with Crippen molar-refractivity contribution in [2.24, 2.45) is 0 Å². The highest BCUT2D eigenvalue weighted by molar-refractivity contribution is 5.96. The van der Waals surface area contributed by atoms with Gasteiger partial charge in [-0.3, -0.25) is 4.79 Å². The average molecular weight is 393 g/mol. The molecule has 0 unspecified atom stereocenters. The minimum atomic E-state index is -0.872. The maximum absolute atomic E-state index is 11.9. The summed E-state index contributed by atoms with van der Waals surface area (Å²) in [5.41, 5.74) is 5.09. The summed E-state index contributed by atoms with van der Waals surface area (Å²) in [5.74, 6) is 0.712. The Morgan fingerprint density at radius 3 is 2.48 bits per heavy atom. The molecule has 2 amide bonds. The fourth-order valence-electron chi connectivity index (χ4n) is 3.85. The molecule has 1 aliphatic rings. The number of benzene rings is 2. The Bertz CT molecular complexity index is 1080. The number of carbonyl (C=O) groups is 2. The first kappa shape index (κ1) is 19.0. The minimum Gasteiger partial charge on any atom is -0.465 e. The second-order valence-corrected chi connectivity index (χ2v) is 7.39. The van der Waals surface area contributed by atoms with Gasteiger partial charge in [-0.1, -0.05) is 18.2 Å². The zero-order valence-electron chi connectivity index (χ0n) is 16.4. The highest BCUT2D eigenvalue weighted by Crippen LogP contribution is 2.32. The van der Waals surface area contributed by atoms with Crippen LogP contribution in [0, 0.1) is 6.92 Å². The van der Waals surface area contributed by atoms with E-state index in [2.05, 4.69) is 10.3 Å². The van der Waals surface area contributed by atoms with Crippen molar-refractivity contribution < 1.29 is 19.1 Å². The number of aryl methyl sites for hydroxylation is 1. The van der Waals surface area contributed by atoms with Gasteiger partial charge in [0.1, 0.15) is 5.52 Å². The van der Waals surface area contributed by atoms with Crippen LogP contribution in [0.25, 0.3) is 22.2 Å². The predicted octanol–water partition coefficient (Wildman–Crippen LogP) is 4.02. The maximum Gasteiger partial charge on any atom is 0.407 e. The summed E-state index contributed by atoms with van der Waals surface area (Å²) in [6, 6.07) is 11.6. The molecule has 29 heavy (non-hydrogen) atoms. The number of nitrogens with zero attached hydrogens (tertiary/aromatic N) is 2. The van der Waals surface area contributed by atoms with Crippen molar-refractivity contribution in [2.75, 3.05) is 20.1 Å². The van der Waals surface area contributed by atoms with Crippen molar-refractivity contribution in [3.8, 4) is 11.1 Å². The second kappa shape index (κ2) is 7.58. The number of nitrogens with one attached hydrogen (secondary N) is 1. The Kier molecular flexibility index (Phi) is 4.96. The first-order valence-electron chi connectivity index (χ1n) is 9.67. The second-order valence-electron chi connectivity index (χ2n) is 7.39. The van der Waals surface area contributed by atoms with Gasteiger partial charge in [0.15, 0.2) is 11.5 Å². The van der Waals surface area contributed by atoms with Crippen molar-refractivity contribution >= 4 is 23.1 Å². The summed E-state index contributed by atoms with van der Waals surface area (Å²) in [6.45, 7) is 2.92. The van der Waals surface area contributed by atoms with Crippen LogP contribution in [0.3, 0.4) is 0 Å². The van der Waals surface area contributed by atoms with Gasteiger partial charge in [-0.15, -0.1) is 0 Å². The van der Waals surface area contributed by atoms with Gasteiger partial charge in [0, 0.05) is 31.6 Å². The van der Waals surface area contributed by atoms with Crippen LogP contribution in [0.1, 0.15) is 40.6 Å². The van der Waals surface area contributed by atoms with Crippen LogP contribution in [-0.4, -0.2) is 47.1 Å². The largest absolute Gasteiger partial charge is 0.465 e. The molecule has 0 spiro atoms. The molecular weight excluding hydrogens is 370 g/mol. The van der Waals surface area contributed by atoms with Gasteiger partial charge in [-0.25, -0.2) is 9.78 Å². The summed E-state index contributed by atoms with van der Waals surface area (Å²) in [5, 5.41) is 11.7. The zero-order chi connectivity index (χ0) is 20.5. The van der Waals surface area contributed by atoms with Gasteiger partial charge < -0.3 is 19.7 Å². The molecule has 1 saturated heterocycles. The fourth-order valence-corrected chi connectivity index (χ4v) is 3.85. The van der Waals surface area contributed by atoms with Crippen LogP contribution in [0.5, 0.6) is 0 Å². The summed E-state index contributed by atoms with van der Waals surface area (Å²) in [4.78, 5) is 29.1. The number of amides is 2.